The van der Waals surface area contributed by atoms with E-state index in [1.165, 1.54) is 18.2 Å². The highest BCUT2D eigenvalue weighted by atomic mass is 32.1. The Hall–Kier alpha value is -4.47. The number of carboxylic acid groups (broad SMARTS) is 3. The third-order valence-corrected chi connectivity index (χ3v) is 6.34. The van der Waals surface area contributed by atoms with Crippen molar-refractivity contribution < 1.29 is 57.2 Å². The zero-order valence-electron chi connectivity index (χ0n) is 22.7. The Morgan fingerprint density at radius 2 is 1.69 bits per heavy atom. The Balaban J connectivity index is 0.00000112. The van der Waals surface area contributed by atoms with Crippen LogP contribution in [0.1, 0.15) is 53.7 Å². The van der Waals surface area contributed by atoms with E-state index in [-0.39, 0.29) is 34.4 Å². The molecule has 2 unspecified atom stereocenters. The van der Waals surface area contributed by atoms with Gasteiger partial charge in [-0.15, -0.1) is 11.3 Å². The van der Waals surface area contributed by atoms with Crippen LogP contribution in [0.3, 0.4) is 0 Å². The molecule has 1 aromatic heterocycles. The number of hydrogen-bond donors (Lipinski definition) is 6. The molecule has 0 radical (unpaired) electrons. The van der Waals surface area contributed by atoms with Crippen LogP contribution in [0.25, 0.3) is 0 Å². The maximum Gasteiger partial charge on any atom is 0.374 e. The zero-order valence-corrected chi connectivity index (χ0v) is 23.5. The number of rotatable bonds is 13. The summed E-state index contributed by atoms with van der Waals surface area (Å²) in [7, 11) is 0. The highest BCUT2D eigenvalue weighted by Crippen LogP contribution is 2.26. The number of carbonyl (C=O) groups excluding carboxylic acids is 2. The SMILES string of the molecule is CC(C)CC(Cc1ccc(C(=O)Oc2ccc(C(=N)N)cc2F)s1)C(=O)NC(CC(=O)O)C(=O)O.CC(F)(F)C(=O)O. The first kappa shape index (κ1) is 35.6. The van der Waals surface area contributed by atoms with E-state index < -0.39 is 59.9 Å². The monoisotopic (exact) mass is 617 g/mol. The van der Waals surface area contributed by atoms with E-state index in [2.05, 4.69) is 5.32 Å². The fourth-order valence-electron chi connectivity index (χ4n) is 3.26. The molecule has 1 aromatic carbocycles. The number of esters is 1. The first-order valence-corrected chi connectivity index (χ1v) is 12.9. The van der Waals surface area contributed by atoms with Crippen molar-refractivity contribution in [3.63, 3.8) is 0 Å². The molecule has 0 saturated carbocycles. The van der Waals surface area contributed by atoms with Gasteiger partial charge in [-0.2, -0.15) is 8.78 Å². The standard InChI is InChI=1S/C23H26FN3O7S.C3H4F2O2/c1-11(2)7-13(21(30)27-16(22(31)32)10-19(28)29)8-14-4-6-18(35-14)23(33)34-17-5-3-12(20(25)26)9-15(17)24;1-3(4,5)2(6)7/h3-6,9,11,13,16H,7-8,10H2,1-2H3,(H3,25,26)(H,27,30)(H,28,29)(H,31,32);1H3,(H,6,7). The Kier molecular flexibility index (Phi) is 13.1. The van der Waals surface area contributed by atoms with Crippen molar-refractivity contribution in [1.82, 2.24) is 5.32 Å². The van der Waals surface area contributed by atoms with Gasteiger partial charge in [-0.25, -0.2) is 18.8 Å². The van der Waals surface area contributed by atoms with Gasteiger partial charge in [-0.05, 0) is 49.1 Å². The first-order valence-electron chi connectivity index (χ1n) is 12.1. The fraction of sp³-hybridized carbons (Fsp3) is 0.385. The van der Waals surface area contributed by atoms with Crippen LogP contribution in [0.4, 0.5) is 13.2 Å². The van der Waals surface area contributed by atoms with Crippen LogP contribution >= 0.6 is 11.3 Å². The highest BCUT2D eigenvalue weighted by molar-refractivity contribution is 7.13. The molecule has 42 heavy (non-hydrogen) atoms. The number of amidine groups is 1. The number of nitrogens with two attached hydrogens (primary N) is 1. The van der Waals surface area contributed by atoms with Crippen LogP contribution in [0, 0.1) is 23.1 Å². The van der Waals surface area contributed by atoms with Gasteiger partial charge < -0.3 is 31.1 Å². The Bertz CT molecular complexity index is 1330. The molecule has 7 N–H and O–H groups in total. The average Bonchev–Trinajstić information content (AvgIpc) is 3.32. The van der Waals surface area contributed by atoms with Gasteiger partial charge in [0.1, 0.15) is 16.8 Å². The predicted octanol–water partition coefficient (Wildman–Crippen LogP) is 3.37. The van der Waals surface area contributed by atoms with E-state index in [1.54, 1.807) is 6.07 Å². The number of aliphatic carboxylic acids is 3. The van der Waals surface area contributed by atoms with Crippen molar-refractivity contribution in [3.8, 4) is 5.75 Å². The van der Waals surface area contributed by atoms with Gasteiger partial charge in [0.25, 0.3) is 0 Å². The maximum atomic E-state index is 14.2. The van der Waals surface area contributed by atoms with E-state index in [4.69, 9.17) is 26.1 Å². The summed E-state index contributed by atoms with van der Waals surface area (Å²) in [6, 6.07) is 5.04. The van der Waals surface area contributed by atoms with E-state index in [1.807, 2.05) is 13.8 Å². The number of amides is 1. The summed E-state index contributed by atoms with van der Waals surface area (Å²) in [4.78, 5) is 57.5. The molecule has 230 valence electrons. The van der Waals surface area contributed by atoms with E-state index in [9.17, 15) is 42.3 Å². The Labute approximate surface area is 241 Å². The molecule has 0 aliphatic carbocycles. The number of carbonyl (C=O) groups is 5. The number of nitrogen functional groups attached to an aromatic ring is 1. The summed E-state index contributed by atoms with van der Waals surface area (Å²) in [5, 5.41) is 35.2. The molecule has 0 aliphatic rings. The Morgan fingerprint density at radius 3 is 2.14 bits per heavy atom. The van der Waals surface area contributed by atoms with Gasteiger partial charge in [0.15, 0.2) is 11.6 Å². The normalized spacial score (nSPS) is 12.4. The third-order valence-electron chi connectivity index (χ3n) is 5.25. The van der Waals surface area contributed by atoms with Gasteiger partial charge in [0, 0.05) is 23.3 Å². The predicted molar refractivity (Wildman–Crippen MR) is 143 cm³/mol. The van der Waals surface area contributed by atoms with Crippen molar-refractivity contribution >= 4 is 47.0 Å². The van der Waals surface area contributed by atoms with E-state index in [0.29, 0.717) is 18.2 Å². The minimum absolute atomic E-state index is 0.0823. The minimum atomic E-state index is -3.58. The number of ether oxygens (including phenoxy) is 1. The number of carboxylic acids is 3. The molecule has 12 nitrogen and oxygen atoms in total. The van der Waals surface area contributed by atoms with Crippen LogP contribution in [0.15, 0.2) is 30.3 Å². The average molecular weight is 618 g/mol. The number of halogens is 3. The lowest BCUT2D eigenvalue weighted by molar-refractivity contribution is -0.162. The quantitative estimate of drug-likeness (QED) is 0.0833. The van der Waals surface area contributed by atoms with Gasteiger partial charge in [-0.3, -0.25) is 15.0 Å². The first-order chi connectivity index (χ1) is 19.3. The van der Waals surface area contributed by atoms with Crippen LogP contribution in [0.5, 0.6) is 5.75 Å². The molecule has 0 bridgehead atoms. The maximum absolute atomic E-state index is 14.2. The second-order valence-electron chi connectivity index (χ2n) is 9.44. The van der Waals surface area contributed by atoms with Gasteiger partial charge in [0.05, 0.1) is 6.42 Å². The number of alkyl halides is 2. The second kappa shape index (κ2) is 15.5. The number of thiophene rings is 1. The summed E-state index contributed by atoms with van der Waals surface area (Å²) in [5.41, 5.74) is 5.45. The Morgan fingerprint density at radius 1 is 1.10 bits per heavy atom. The molecule has 0 aliphatic heterocycles. The van der Waals surface area contributed by atoms with Crippen LogP contribution in [-0.2, 0) is 25.6 Å². The summed E-state index contributed by atoms with van der Waals surface area (Å²) in [5.74, 6) is -12.0. The number of benzene rings is 1. The lowest BCUT2D eigenvalue weighted by Gasteiger charge is -2.20. The van der Waals surface area contributed by atoms with E-state index >= 15 is 0 Å². The van der Waals surface area contributed by atoms with Crippen LogP contribution in [-0.4, -0.2) is 62.9 Å². The van der Waals surface area contributed by atoms with Crippen molar-refractivity contribution in [3.05, 3.63) is 51.5 Å². The van der Waals surface area contributed by atoms with E-state index in [0.717, 1.165) is 17.4 Å². The molecule has 1 heterocycles. The number of hydrogen-bond acceptors (Lipinski definition) is 8. The summed E-state index contributed by atoms with van der Waals surface area (Å²) in [6.45, 7) is 4.10. The lowest BCUT2D eigenvalue weighted by Crippen LogP contribution is -2.45. The van der Waals surface area contributed by atoms with Crippen molar-refractivity contribution in [2.24, 2.45) is 17.6 Å². The van der Waals surface area contributed by atoms with Gasteiger partial charge in [0.2, 0.25) is 5.91 Å². The second-order valence-corrected chi connectivity index (χ2v) is 10.6. The van der Waals surface area contributed by atoms with Crippen LogP contribution in [0.2, 0.25) is 0 Å². The molecule has 16 heteroatoms. The molecule has 0 saturated heterocycles. The summed E-state index contributed by atoms with van der Waals surface area (Å²) in [6.07, 6.45) is -0.173. The number of nitrogens with one attached hydrogen (secondary N) is 2. The molecular weight excluding hydrogens is 587 g/mol. The molecule has 2 rings (SSSR count). The van der Waals surface area contributed by atoms with Crippen molar-refractivity contribution in [2.75, 3.05) is 0 Å². The molecule has 1 amide bonds. The smallest absolute Gasteiger partial charge is 0.374 e. The van der Waals surface area contributed by atoms with Crippen molar-refractivity contribution in [2.45, 2.75) is 52.0 Å². The van der Waals surface area contributed by atoms with Gasteiger partial charge in [-0.1, -0.05) is 13.8 Å². The lowest BCUT2D eigenvalue weighted by atomic mass is 9.92. The summed E-state index contributed by atoms with van der Waals surface area (Å²) < 4.78 is 41.8. The minimum Gasteiger partial charge on any atom is -0.481 e. The highest BCUT2D eigenvalue weighted by Gasteiger charge is 2.31. The van der Waals surface area contributed by atoms with Crippen LogP contribution < -0.4 is 15.8 Å². The fourth-order valence-corrected chi connectivity index (χ4v) is 4.22. The molecule has 2 atom stereocenters. The molecule has 0 fully saturated rings. The molecular formula is C26H30F3N3O9S. The topological polar surface area (TPSA) is 217 Å². The molecule has 0 spiro atoms. The third kappa shape index (κ3) is 12.0. The summed E-state index contributed by atoms with van der Waals surface area (Å²) >= 11 is 1.04. The molecule has 2 aromatic rings. The van der Waals surface area contributed by atoms with Gasteiger partial charge >= 0.3 is 29.8 Å². The largest absolute Gasteiger partial charge is 0.481 e. The zero-order chi connectivity index (χ0) is 32.4. The van der Waals surface area contributed by atoms with Crippen molar-refractivity contribution in [1.29, 1.82) is 5.41 Å².